The van der Waals surface area contributed by atoms with E-state index in [1.807, 2.05) is 6.92 Å². The van der Waals surface area contributed by atoms with Crippen molar-refractivity contribution in [1.82, 2.24) is 0 Å². The Balaban J connectivity index is 1.30. The van der Waals surface area contributed by atoms with Gasteiger partial charge in [-0.1, -0.05) is 57.9 Å². The van der Waals surface area contributed by atoms with Gasteiger partial charge in [-0.15, -0.1) is 5.92 Å². The maximum atomic E-state index is 15.4. The number of allylic oxidation sites excluding steroid dienone is 2. The molecule has 48 heavy (non-hydrogen) atoms. The van der Waals surface area contributed by atoms with E-state index in [4.69, 9.17) is 0 Å². The number of fused-ring (bicyclic) bond motifs is 5. The van der Waals surface area contributed by atoms with Gasteiger partial charge >= 0.3 is 0 Å². The number of aliphatic hydroxyl groups is 5. The lowest BCUT2D eigenvalue weighted by atomic mass is 9.25. The molecule has 7 fully saturated rings. The van der Waals surface area contributed by atoms with Crippen molar-refractivity contribution in [1.29, 1.82) is 0 Å². The Kier molecular flexibility index (Phi) is 6.81. The highest BCUT2D eigenvalue weighted by molar-refractivity contribution is 5.96. The lowest BCUT2D eigenvalue weighted by Gasteiger charge is -2.79. The molecule has 14 atom stereocenters. The van der Waals surface area contributed by atoms with Gasteiger partial charge in [0.1, 0.15) is 5.60 Å². The second-order valence-corrected chi connectivity index (χ2v) is 19.8. The first-order valence-electron chi connectivity index (χ1n) is 19.9. The van der Waals surface area contributed by atoms with Crippen molar-refractivity contribution in [3.8, 4) is 11.8 Å². The zero-order chi connectivity index (χ0) is 33.8. The Morgan fingerprint density at radius 3 is 2.40 bits per heavy atom. The lowest BCUT2D eigenvalue weighted by molar-refractivity contribution is -0.320. The van der Waals surface area contributed by atoms with Crippen molar-refractivity contribution in [3.05, 3.63) is 11.6 Å². The molecule has 0 heterocycles. The van der Waals surface area contributed by atoms with Gasteiger partial charge in [-0.25, -0.2) is 0 Å². The van der Waals surface area contributed by atoms with Crippen LogP contribution in [-0.4, -0.2) is 61.8 Å². The number of rotatable bonds is 2. The van der Waals surface area contributed by atoms with Gasteiger partial charge in [-0.05, 0) is 129 Å². The highest BCUT2D eigenvalue weighted by Crippen LogP contribution is 2.84. The van der Waals surface area contributed by atoms with Crippen LogP contribution in [0.15, 0.2) is 11.6 Å². The SMILES string of the molecule is CC12CCC#CC3(O)CCC4C(O)C3(C(C1)C1=CC(=O)C3C56CCCCC3(CCC5C(C)(C(O)CO)C(O)CC6)C14C)C1(CCCC1)C2. The average molecular weight is 661 g/mol. The number of hydrogen-bond acceptors (Lipinski definition) is 6. The fourth-order valence-electron chi connectivity index (χ4n) is 17.3. The summed E-state index contributed by atoms with van der Waals surface area (Å²) in [4.78, 5) is 15.4. The topological polar surface area (TPSA) is 118 Å². The molecule has 7 saturated carbocycles. The molecular formula is C42H60O6. The first-order chi connectivity index (χ1) is 22.8. The Labute approximate surface area is 287 Å². The standard InChI is InChI=1S/C42H60O6/c1-35-13-4-9-18-41(48)21-10-26-34(47)42(41,38(25-35)14-5-6-15-38)28(23-35)27-22-29(44)33-39-16-7-8-17-40(33,37(26,27)3)20-11-30(39)36(2,32(46)24-43)31(45)12-19-39/h22,26,28,30-34,43,45-48H,4-8,10-17,19-21,23-25H2,1-3H3. The van der Waals surface area contributed by atoms with Crippen LogP contribution < -0.4 is 0 Å². The number of hydrogen-bond donors (Lipinski definition) is 5. The van der Waals surface area contributed by atoms with Gasteiger partial charge in [0.05, 0.1) is 24.9 Å². The van der Waals surface area contributed by atoms with Crippen LogP contribution in [0.5, 0.6) is 0 Å². The first-order valence-corrected chi connectivity index (χ1v) is 19.9. The Bertz CT molecular complexity index is 1500. The van der Waals surface area contributed by atoms with Crippen molar-refractivity contribution in [2.75, 3.05) is 6.61 Å². The molecule has 3 spiro atoms. The number of aliphatic hydroxyl groups excluding tert-OH is 4. The predicted octanol–water partition coefficient (Wildman–Crippen LogP) is 5.86. The summed E-state index contributed by atoms with van der Waals surface area (Å²) >= 11 is 0. The van der Waals surface area contributed by atoms with Crippen molar-refractivity contribution in [3.63, 3.8) is 0 Å². The van der Waals surface area contributed by atoms with Gasteiger partial charge in [-0.3, -0.25) is 4.79 Å². The zero-order valence-electron chi connectivity index (χ0n) is 29.7. The average Bonchev–Trinajstić information content (AvgIpc) is 3.49. The maximum Gasteiger partial charge on any atom is 0.159 e. The molecule has 0 aromatic carbocycles. The Morgan fingerprint density at radius 2 is 1.65 bits per heavy atom. The van der Waals surface area contributed by atoms with Crippen LogP contribution in [0.3, 0.4) is 0 Å². The third kappa shape index (κ3) is 3.36. The molecule has 10 rings (SSSR count). The third-order valence-electron chi connectivity index (χ3n) is 18.7. The molecule has 264 valence electrons. The fourth-order valence-corrected chi connectivity index (χ4v) is 17.3. The Morgan fingerprint density at radius 1 is 0.917 bits per heavy atom. The summed E-state index contributed by atoms with van der Waals surface area (Å²) in [6.07, 6.45) is 15.8. The summed E-state index contributed by atoms with van der Waals surface area (Å²) in [5.74, 6) is 6.73. The van der Waals surface area contributed by atoms with Crippen LogP contribution in [0.1, 0.15) is 136 Å². The monoisotopic (exact) mass is 660 g/mol. The summed E-state index contributed by atoms with van der Waals surface area (Å²) in [5.41, 5.74) is -2.93. The van der Waals surface area contributed by atoms with Crippen molar-refractivity contribution >= 4 is 5.78 Å². The molecular weight excluding hydrogens is 600 g/mol. The molecule has 0 amide bonds. The number of carbonyl (C=O) groups is 1. The van der Waals surface area contributed by atoms with Crippen LogP contribution in [0.2, 0.25) is 0 Å². The quantitative estimate of drug-likeness (QED) is 0.237. The number of carbonyl (C=O) groups excluding carboxylic acids is 1. The van der Waals surface area contributed by atoms with Gasteiger partial charge in [0.2, 0.25) is 0 Å². The predicted molar refractivity (Wildman–Crippen MR) is 182 cm³/mol. The van der Waals surface area contributed by atoms with Gasteiger partial charge in [-0.2, -0.15) is 0 Å². The van der Waals surface area contributed by atoms with E-state index < -0.39 is 46.8 Å². The normalized spacial score (nSPS) is 56.6. The lowest BCUT2D eigenvalue weighted by Crippen LogP contribution is -2.80. The highest BCUT2D eigenvalue weighted by Gasteiger charge is 2.83. The van der Waals surface area contributed by atoms with Crippen molar-refractivity contribution in [2.45, 2.75) is 160 Å². The minimum absolute atomic E-state index is 0.0353. The van der Waals surface area contributed by atoms with Gasteiger partial charge in [0.25, 0.3) is 0 Å². The summed E-state index contributed by atoms with van der Waals surface area (Å²) in [6, 6.07) is 0. The van der Waals surface area contributed by atoms with E-state index in [1.165, 1.54) is 5.57 Å². The van der Waals surface area contributed by atoms with E-state index >= 15 is 4.79 Å². The van der Waals surface area contributed by atoms with Crippen LogP contribution in [0.25, 0.3) is 0 Å². The minimum Gasteiger partial charge on any atom is -0.394 e. The van der Waals surface area contributed by atoms with E-state index in [0.717, 1.165) is 96.3 Å². The van der Waals surface area contributed by atoms with E-state index in [-0.39, 0.29) is 51.1 Å². The molecule has 0 aliphatic heterocycles. The molecule has 6 heteroatoms. The third-order valence-corrected chi connectivity index (χ3v) is 18.7. The first kappa shape index (κ1) is 32.7. The molecule has 6 nitrogen and oxygen atoms in total. The zero-order valence-corrected chi connectivity index (χ0v) is 29.7. The molecule has 14 unspecified atom stereocenters. The van der Waals surface area contributed by atoms with Crippen LogP contribution >= 0.6 is 0 Å². The smallest absolute Gasteiger partial charge is 0.159 e. The van der Waals surface area contributed by atoms with Crippen LogP contribution in [-0.2, 0) is 4.79 Å². The molecule has 10 aliphatic rings. The molecule has 0 aromatic heterocycles. The number of ketones is 1. The largest absolute Gasteiger partial charge is 0.394 e. The maximum absolute atomic E-state index is 15.4. The summed E-state index contributed by atoms with van der Waals surface area (Å²) in [5, 5.41) is 59.7. The molecule has 0 saturated heterocycles. The summed E-state index contributed by atoms with van der Waals surface area (Å²) < 4.78 is 0. The molecule has 0 radical (unpaired) electrons. The molecule has 10 aliphatic carbocycles. The highest BCUT2D eigenvalue weighted by atomic mass is 16.3. The molecule has 0 aromatic rings. The Hall–Kier alpha value is -1.23. The van der Waals surface area contributed by atoms with Crippen molar-refractivity contribution < 1.29 is 30.3 Å². The van der Waals surface area contributed by atoms with Crippen LogP contribution in [0.4, 0.5) is 0 Å². The van der Waals surface area contributed by atoms with E-state index in [9.17, 15) is 25.5 Å². The minimum atomic E-state index is -1.27. The van der Waals surface area contributed by atoms with Crippen molar-refractivity contribution in [2.24, 2.45) is 61.6 Å². The van der Waals surface area contributed by atoms with Crippen LogP contribution in [0, 0.1) is 73.4 Å². The van der Waals surface area contributed by atoms with E-state index in [2.05, 4.69) is 31.8 Å². The summed E-state index contributed by atoms with van der Waals surface area (Å²) in [6.45, 7) is 6.49. The van der Waals surface area contributed by atoms with Gasteiger partial charge < -0.3 is 25.5 Å². The second kappa shape index (κ2) is 10.0. The van der Waals surface area contributed by atoms with E-state index in [0.29, 0.717) is 19.3 Å². The molecule has 5 N–H and O–H groups in total. The van der Waals surface area contributed by atoms with Gasteiger partial charge in [0, 0.05) is 28.6 Å². The fraction of sp³-hybridized carbons (Fsp3) is 0.881. The van der Waals surface area contributed by atoms with Gasteiger partial charge in [0.15, 0.2) is 5.78 Å². The second-order valence-electron chi connectivity index (χ2n) is 19.8. The van der Waals surface area contributed by atoms with E-state index in [1.54, 1.807) is 0 Å². The summed E-state index contributed by atoms with van der Waals surface area (Å²) in [7, 11) is 0. The molecule has 5 bridgehead atoms.